The van der Waals surface area contributed by atoms with Crippen molar-refractivity contribution in [3.05, 3.63) is 35.9 Å². The molecule has 0 spiro atoms. The molecule has 0 radical (unpaired) electrons. The average molecular weight is 518 g/mol. The van der Waals surface area contributed by atoms with E-state index < -0.39 is 11.9 Å². The summed E-state index contributed by atoms with van der Waals surface area (Å²) in [5, 5.41) is 18.0. The first kappa shape index (κ1) is 31.3. The van der Waals surface area contributed by atoms with Crippen LogP contribution in [0.4, 0.5) is 0 Å². The molecule has 1 aromatic rings. The SMILES string of the molecule is CCCCCCCCCCCCCC(=O)O.CN1C2CCC1CC(OC(=O)C(CO)c1ccccc1)C2. The van der Waals surface area contributed by atoms with Crippen LogP contribution in [0.25, 0.3) is 0 Å². The van der Waals surface area contributed by atoms with Gasteiger partial charge in [0.2, 0.25) is 0 Å². The Morgan fingerprint density at radius 2 is 1.41 bits per heavy atom. The maximum absolute atomic E-state index is 12.4. The standard InChI is InChI=1S/C17H23NO3.C14H28O2/c1-18-13-7-8-14(18)10-15(9-13)21-17(20)16(11-19)12-5-3-2-4-6-12;1-2-3-4-5-6-7-8-9-10-11-12-13-14(15)16/h2-6,13-16,19H,7-11H2,1H3;2-13H2,1H3,(H,15,16). The summed E-state index contributed by atoms with van der Waals surface area (Å²) in [6.45, 7) is 2.04. The molecular weight excluding hydrogens is 466 g/mol. The highest BCUT2D eigenvalue weighted by Gasteiger charge is 2.40. The summed E-state index contributed by atoms with van der Waals surface area (Å²) in [5.41, 5.74) is 0.820. The van der Waals surface area contributed by atoms with Crippen molar-refractivity contribution in [3.8, 4) is 0 Å². The molecule has 2 saturated heterocycles. The predicted molar refractivity (Wildman–Crippen MR) is 149 cm³/mol. The summed E-state index contributed by atoms with van der Waals surface area (Å²) in [7, 11) is 2.17. The topological polar surface area (TPSA) is 87.1 Å². The van der Waals surface area contributed by atoms with Crippen LogP contribution in [0.1, 0.15) is 121 Å². The van der Waals surface area contributed by atoms with Crippen LogP contribution in [0.5, 0.6) is 0 Å². The summed E-state index contributed by atoms with van der Waals surface area (Å²) in [6.07, 6.45) is 18.6. The van der Waals surface area contributed by atoms with Crippen LogP contribution in [-0.2, 0) is 14.3 Å². The van der Waals surface area contributed by atoms with Crippen molar-refractivity contribution in [1.82, 2.24) is 4.90 Å². The number of ether oxygens (including phenoxy) is 1. The largest absolute Gasteiger partial charge is 0.481 e. The minimum atomic E-state index is -0.657. The minimum Gasteiger partial charge on any atom is -0.481 e. The molecule has 2 heterocycles. The third kappa shape index (κ3) is 12.0. The Morgan fingerprint density at radius 1 is 0.892 bits per heavy atom. The molecule has 0 aromatic heterocycles. The number of aliphatic carboxylic acids is 1. The Kier molecular flexibility index (Phi) is 15.5. The van der Waals surface area contributed by atoms with Gasteiger partial charge in [0.1, 0.15) is 12.0 Å². The number of carboxylic acid groups (broad SMARTS) is 1. The number of hydrogen-bond acceptors (Lipinski definition) is 5. The predicted octanol–water partition coefficient (Wildman–Crippen LogP) is 6.70. The van der Waals surface area contributed by atoms with Crippen LogP contribution >= 0.6 is 0 Å². The summed E-state index contributed by atoms with van der Waals surface area (Å²) < 4.78 is 5.70. The molecule has 2 fully saturated rings. The van der Waals surface area contributed by atoms with E-state index in [1.54, 1.807) is 0 Å². The zero-order chi connectivity index (χ0) is 26.9. The van der Waals surface area contributed by atoms with Crippen LogP contribution in [0.3, 0.4) is 0 Å². The number of fused-ring (bicyclic) bond motifs is 2. The van der Waals surface area contributed by atoms with Gasteiger partial charge < -0.3 is 19.8 Å². The van der Waals surface area contributed by atoms with Crippen LogP contribution in [0.2, 0.25) is 0 Å². The molecule has 0 aliphatic carbocycles. The van der Waals surface area contributed by atoms with E-state index in [0.717, 1.165) is 31.2 Å². The van der Waals surface area contributed by atoms with E-state index in [9.17, 15) is 14.7 Å². The zero-order valence-electron chi connectivity index (χ0n) is 23.3. The second kappa shape index (κ2) is 18.4. The van der Waals surface area contributed by atoms with Gasteiger partial charge in [-0.05, 0) is 44.7 Å². The fourth-order valence-corrected chi connectivity index (χ4v) is 5.65. The number of aliphatic hydroxyl groups is 1. The Labute approximate surface area is 224 Å². The number of hydrogen-bond donors (Lipinski definition) is 2. The molecule has 6 heteroatoms. The van der Waals surface area contributed by atoms with Gasteiger partial charge in [0.15, 0.2) is 0 Å². The first-order valence-electron chi connectivity index (χ1n) is 14.8. The van der Waals surface area contributed by atoms with Crippen LogP contribution < -0.4 is 0 Å². The lowest BCUT2D eigenvalue weighted by atomic mass is 9.98. The van der Waals surface area contributed by atoms with Gasteiger partial charge in [-0.3, -0.25) is 9.59 Å². The Hall–Kier alpha value is -1.92. The van der Waals surface area contributed by atoms with Crippen molar-refractivity contribution >= 4 is 11.9 Å². The number of unbranched alkanes of at least 4 members (excludes halogenated alkanes) is 10. The maximum atomic E-state index is 12.4. The zero-order valence-corrected chi connectivity index (χ0v) is 23.3. The van der Waals surface area contributed by atoms with Gasteiger partial charge in [-0.1, -0.05) is 101 Å². The van der Waals surface area contributed by atoms with Gasteiger partial charge >= 0.3 is 11.9 Å². The lowest BCUT2D eigenvalue weighted by Crippen LogP contribution is -2.43. The summed E-state index contributed by atoms with van der Waals surface area (Å²) in [6, 6.07) is 10.5. The number of aliphatic hydroxyl groups excluding tert-OH is 1. The first-order valence-corrected chi connectivity index (χ1v) is 14.8. The fourth-order valence-electron chi connectivity index (χ4n) is 5.65. The molecule has 3 unspecified atom stereocenters. The number of piperidine rings is 1. The summed E-state index contributed by atoms with van der Waals surface area (Å²) in [5.74, 6) is -1.52. The number of nitrogens with zero attached hydrogens (tertiary/aromatic N) is 1. The van der Waals surface area contributed by atoms with Crippen molar-refractivity contribution in [1.29, 1.82) is 0 Å². The van der Waals surface area contributed by atoms with Gasteiger partial charge in [0.25, 0.3) is 0 Å². The molecule has 210 valence electrons. The van der Waals surface area contributed by atoms with E-state index in [-0.39, 0.29) is 18.7 Å². The van der Waals surface area contributed by atoms with Gasteiger partial charge in [0.05, 0.1) is 6.61 Å². The van der Waals surface area contributed by atoms with Crippen molar-refractivity contribution in [2.24, 2.45) is 0 Å². The van der Waals surface area contributed by atoms with E-state index in [0.29, 0.717) is 18.5 Å². The highest BCUT2D eigenvalue weighted by Crippen LogP contribution is 2.36. The van der Waals surface area contributed by atoms with E-state index >= 15 is 0 Å². The monoisotopic (exact) mass is 517 g/mol. The molecule has 3 rings (SSSR count). The highest BCUT2D eigenvalue weighted by molar-refractivity contribution is 5.78. The molecule has 2 aliphatic rings. The molecule has 6 nitrogen and oxygen atoms in total. The molecule has 37 heavy (non-hydrogen) atoms. The van der Waals surface area contributed by atoms with E-state index in [2.05, 4.69) is 18.9 Å². The molecule has 0 saturated carbocycles. The van der Waals surface area contributed by atoms with Crippen LogP contribution in [0, 0.1) is 0 Å². The average Bonchev–Trinajstić information content (AvgIpc) is 3.09. The lowest BCUT2D eigenvalue weighted by Gasteiger charge is -2.36. The second-order valence-corrected chi connectivity index (χ2v) is 10.9. The van der Waals surface area contributed by atoms with E-state index in [1.807, 2.05) is 30.3 Å². The molecule has 0 amide bonds. The Bertz CT molecular complexity index is 741. The van der Waals surface area contributed by atoms with Gasteiger partial charge in [-0.2, -0.15) is 0 Å². The first-order chi connectivity index (χ1) is 18.0. The van der Waals surface area contributed by atoms with Crippen molar-refractivity contribution in [3.63, 3.8) is 0 Å². The normalized spacial score (nSPS) is 21.6. The molecule has 1 aromatic carbocycles. The van der Waals surface area contributed by atoms with Crippen molar-refractivity contribution in [2.45, 2.75) is 134 Å². The van der Waals surface area contributed by atoms with Crippen LogP contribution in [-0.4, -0.2) is 58.9 Å². The minimum absolute atomic E-state index is 0.00367. The number of carboxylic acids is 1. The molecule has 2 N–H and O–H groups in total. The third-order valence-electron chi connectivity index (χ3n) is 8.00. The molecule has 2 bridgehead atoms. The number of rotatable bonds is 16. The van der Waals surface area contributed by atoms with Gasteiger partial charge in [-0.15, -0.1) is 0 Å². The number of carbonyl (C=O) groups excluding carboxylic acids is 1. The van der Waals surface area contributed by atoms with Crippen molar-refractivity contribution < 1.29 is 24.5 Å². The summed E-state index contributed by atoms with van der Waals surface area (Å²) >= 11 is 0. The molecule has 2 aliphatic heterocycles. The Morgan fingerprint density at radius 3 is 1.89 bits per heavy atom. The van der Waals surface area contributed by atoms with E-state index in [4.69, 9.17) is 9.84 Å². The maximum Gasteiger partial charge on any atom is 0.316 e. The highest BCUT2D eigenvalue weighted by atomic mass is 16.5. The third-order valence-corrected chi connectivity index (χ3v) is 8.00. The van der Waals surface area contributed by atoms with E-state index in [1.165, 1.54) is 70.6 Å². The van der Waals surface area contributed by atoms with Gasteiger partial charge in [-0.25, -0.2) is 0 Å². The smallest absolute Gasteiger partial charge is 0.316 e. The number of benzene rings is 1. The molecule has 3 atom stereocenters. The van der Waals surface area contributed by atoms with Gasteiger partial charge in [0, 0.05) is 18.5 Å². The number of esters is 1. The second-order valence-electron chi connectivity index (χ2n) is 10.9. The van der Waals surface area contributed by atoms with Crippen LogP contribution in [0.15, 0.2) is 30.3 Å². The van der Waals surface area contributed by atoms with Crippen molar-refractivity contribution in [2.75, 3.05) is 13.7 Å². The fraction of sp³-hybridized carbons (Fsp3) is 0.742. The molecular formula is C31H51NO5. The number of carbonyl (C=O) groups is 2. The quantitative estimate of drug-likeness (QED) is 0.187. The summed E-state index contributed by atoms with van der Waals surface area (Å²) in [4.78, 5) is 25.0. The lowest BCUT2D eigenvalue weighted by molar-refractivity contribution is -0.155. The Balaban J connectivity index is 0.000000273.